The van der Waals surface area contributed by atoms with E-state index >= 15 is 0 Å². The van der Waals surface area contributed by atoms with Crippen molar-refractivity contribution in [3.8, 4) is 5.75 Å². The summed E-state index contributed by atoms with van der Waals surface area (Å²) in [7, 11) is 0. The second-order valence-corrected chi connectivity index (χ2v) is 5.62. The van der Waals surface area contributed by atoms with Crippen molar-refractivity contribution in [1.82, 2.24) is 5.32 Å². The Morgan fingerprint density at radius 1 is 1.29 bits per heavy atom. The normalized spacial score (nSPS) is 25.2. The molecule has 0 aromatic heterocycles. The van der Waals surface area contributed by atoms with Crippen LogP contribution in [0.15, 0.2) is 18.2 Å². The van der Waals surface area contributed by atoms with Gasteiger partial charge in [0.2, 0.25) is 0 Å². The third-order valence-electron chi connectivity index (χ3n) is 3.74. The van der Waals surface area contributed by atoms with Crippen LogP contribution >= 0.6 is 0 Å². The molecule has 0 aliphatic carbocycles. The molecule has 94 valence electrons. The fourth-order valence-corrected chi connectivity index (χ4v) is 2.54. The summed E-state index contributed by atoms with van der Waals surface area (Å²) in [5, 5.41) is 13.4. The van der Waals surface area contributed by atoms with E-state index < -0.39 is 0 Å². The quantitative estimate of drug-likeness (QED) is 0.818. The molecule has 1 fully saturated rings. The molecule has 2 heteroatoms. The highest BCUT2D eigenvalue weighted by Gasteiger charge is 2.20. The molecule has 0 bridgehead atoms. The van der Waals surface area contributed by atoms with Gasteiger partial charge in [0.05, 0.1) is 0 Å². The predicted octanol–water partition coefficient (Wildman–Crippen LogP) is 3.58. The molecule has 0 amide bonds. The molecular formula is C15H23NO. The molecule has 17 heavy (non-hydrogen) atoms. The lowest BCUT2D eigenvalue weighted by Crippen LogP contribution is -2.31. The summed E-state index contributed by atoms with van der Waals surface area (Å²) in [6.07, 6.45) is 2.49. The summed E-state index contributed by atoms with van der Waals surface area (Å²) in [6, 6.07) is 6.51. The zero-order valence-corrected chi connectivity index (χ0v) is 11.0. The molecule has 2 atom stereocenters. The Bertz CT molecular complexity index is 379. The summed E-state index contributed by atoms with van der Waals surface area (Å²) < 4.78 is 0. The molecule has 0 spiro atoms. The number of hydrogen-bond acceptors (Lipinski definition) is 2. The van der Waals surface area contributed by atoms with Gasteiger partial charge in [0.1, 0.15) is 5.75 Å². The van der Waals surface area contributed by atoms with Crippen LogP contribution in [0.2, 0.25) is 0 Å². The summed E-state index contributed by atoms with van der Waals surface area (Å²) >= 11 is 0. The summed E-state index contributed by atoms with van der Waals surface area (Å²) in [6.45, 7) is 7.63. The second kappa shape index (κ2) is 5.09. The van der Waals surface area contributed by atoms with Crippen molar-refractivity contribution in [3.63, 3.8) is 0 Å². The van der Waals surface area contributed by atoms with Crippen molar-refractivity contribution in [2.24, 2.45) is 5.92 Å². The maximum Gasteiger partial charge on any atom is 0.119 e. The van der Waals surface area contributed by atoms with Gasteiger partial charge in [0.25, 0.3) is 0 Å². The number of rotatable bonds is 2. The van der Waals surface area contributed by atoms with Gasteiger partial charge >= 0.3 is 0 Å². The first-order valence-corrected chi connectivity index (χ1v) is 6.64. The Labute approximate surface area is 104 Å². The van der Waals surface area contributed by atoms with Crippen molar-refractivity contribution in [2.45, 2.75) is 45.6 Å². The largest absolute Gasteiger partial charge is 0.508 e. The Hall–Kier alpha value is -1.02. The molecule has 2 rings (SSSR count). The minimum Gasteiger partial charge on any atom is -0.508 e. The molecule has 1 aliphatic heterocycles. The van der Waals surface area contributed by atoms with Crippen molar-refractivity contribution in [3.05, 3.63) is 29.3 Å². The Morgan fingerprint density at radius 3 is 2.65 bits per heavy atom. The lowest BCUT2D eigenvalue weighted by atomic mass is 9.90. The van der Waals surface area contributed by atoms with Gasteiger partial charge in [-0.15, -0.1) is 0 Å². The maximum atomic E-state index is 9.83. The molecule has 0 unspecified atom stereocenters. The van der Waals surface area contributed by atoms with Crippen molar-refractivity contribution in [1.29, 1.82) is 0 Å². The van der Waals surface area contributed by atoms with Crippen LogP contribution in [-0.2, 0) is 0 Å². The van der Waals surface area contributed by atoms with Crippen LogP contribution in [-0.4, -0.2) is 11.7 Å². The topological polar surface area (TPSA) is 32.3 Å². The van der Waals surface area contributed by atoms with E-state index in [0.717, 1.165) is 18.0 Å². The second-order valence-electron chi connectivity index (χ2n) is 5.62. The van der Waals surface area contributed by atoms with E-state index in [1.165, 1.54) is 18.4 Å². The third-order valence-corrected chi connectivity index (χ3v) is 3.74. The lowest BCUT2D eigenvalue weighted by Gasteiger charge is -2.28. The van der Waals surface area contributed by atoms with E-state index in [0.29, 0.717) is 17.7 Å². The van der Waals surface area contributed by atoms with Gasteiger partial charge < -0.3 is 10.4 Å². The maximum absolute atomic E-state index is 9.83. The van der Waals surface area contributed by atoms with Crippen LogP contribution < -0.4 is 5.32 Å². The van der Waals surface area contributed by atoms with Gasteiger partial charge in [-0.1, -0.05) is 32.9 Å². The Balaban J connectivity index is 2.19. The highest BCUT2D eigenvalue weighted by atomic mass is 16.3. The van der Waals surface area contributed by atoms with Gasteiger partial charge in [-0.3, -0.25) is 0 Å². The molecule has 0 radical (unpaired) electrons. The number of benzene rings is 1. The molecule has 2 N–H and O–H groups in total. The summed E-state index contributed by atoms with van der Waals surface area (Å²) in [4.78, 5) is 0. The number of nitrogens with one attached hydrogen (secondary N) is 1. The standard InChI is InChI=1S/C15H23NO/c1-10(2)13-8-12(5-7-15(13)17)14-6-4-11(3)9-16-14/h5,7-8,10-11,14,16-17H,4,6,9H2,1-3H3/t11-,14+/m0/s1. The van der Waals surface area contributed by atoms with Crippen molar-refractivity contribution < 1.29 is 5.11 Å². The van der Waals surface area contributed by atoms with Gasteiger partial charge in [0, 0.05) is 6.04 Å². The number of phenols is 1. The van der Waals surface area contributed by atoms with Gasteiger partial charge in [-0.05, 0) is 48.4 Å². The minimum atomic E-state index is 0.373. The molecule has 1 aromatic rings. The number of hydrogen-bond donors (Lipinski definition) is 2. The smallest absolute Gasteiger partial charge is 0.119 e. The molecular weight excluding hydrogens is 210 g/mol. The average molecular weight is 233 g/mol. The van der Waals surface area contributed by atoms with E-state index in [2.05, 4.69) is 38.2 Å². The highest BCUT2D eigenvalue weighted by Crippen LogP contribution is 2.31. The first kappa shape index (κ1) is 12.4. The fraction of sp³-hybridized carbons (Fsp3) is 0.600. The van der Waals surface area contributed by atoms with Crippen LogP contribution in [0.5, 0.6) is 5.75 Å². The monoisotopic (exact) mass is 233 g/mol. The van der Waals surface area contributed by atoms with Crippen LogP contribution in [0.3, 0.4) is 0 Å². The highest BCUT2D eigenvalue weighted by molar-refractivity contribution is 5.39. The third kappa shape index (κ3) is 2.81. The first-order chi connectivity index (χ1) is 8.08. The molecule has 1 saturated heterocycles. The SMILES string of the molecule is CC(C)c1cc([C@H]2CC[C@H](C)CN2)ccc1O. The van der Waals surface area contributed by atoms with Gasteiger partial charge in [-0.25, -0.2) is 0 Å². The number of aromatic hydroxyl groups is 1. The number of phenolic OH excluding ortho intramolecular Hbond substituents is 1. The summed E-state index contributed by atoms with van der Waals surface area (Å²) in [5.41, 5.74) is 2.38. The molecule has 1 heterocycles. The van der Waals surface area contributed by atoms with Crippen molar-refractivity contribution >= 4 is 0 Å². The summed E-state index contributed by atoms with van der Waals surface area (Å²) in [5.74, 6) is 1.58. The van der Waals surface area contributed by atoms with E-state index in [4.69, 9.17) is 0 Å². The first-order valence-electron chi connectivity index (χ1n) is 6.64. The van der Waals surface area contributed by atoms with Gasteiger partial charge in [0.15, 0.2) is 0 Å². The van der Waals surface area contributed by atoms with Crippen LogP contribution in [0.25, 0.3) is 0 Å². The zero-order chi connectivity index (χ0) is 12.4. The molecule has 2 nitrogen and oxygen atoms in total. The van der Waals surface area contributed by atoms with Crippen LogP contribution in [0.1, 0.15) is 56.7 Å². The Kier molecular flexibility index (Phi) is 3.72. The molecule has 0 saturated carbocycles. The van der Waals surface area contributed by atoms with E-state index in [-0.39, 0.29) is 0 Å². The van der Waals surface area contributed by atoms with Crippen LogP contribution in [0.4, 0.5) is 0 Å². The Morgan fingerprint density at radius 2 is 2.06 bits per heavy atom. The molecule has 1 aromatic carbocycles. The zero-order valence-electron chi connectivity index (χ0n) is 11.0. The van der Waals surface area contributed by atoms with Crippen molar-refractivity contribution in [2.75, 3.05) is 6.54 Å². The van der Waals surface area contributed by atoms with E-state index in [1.807, 2.05) is 6.07 Å². The minimum absolute atomic E-state index is 0.373. The number of piperidine rings is 1. The van der Waals surface area contributed by atoms with E-state index in [1.54, 1.807) is 0 Å². The lowest BCUT2D eigenvalue weighted by molar-refractivity contribution is 0.332. The predicted molar refractivity (Wildman–Crippen MR) is 71.3 cm³/mol. The van der Waals surface area contributed by atoms with E-state index in [9.17, 15) is 5.11 Å². The fourth-order valence-electron chi connectivity index (χ4n) is 2.54. The average Bonchev–Trinajstić information content (AvgIpc) is 2.30. The van der Waals surface area contributed by atoms with Gasteiger partial charge in [-0.2, -0.15) is 0 Å². The van der Waals surface area contributed by atoms with Crippen LogP contribution in [0, 0.1) is 5.92 Å². The molecule has 1 aliphatic rings.